The van der Waals surface area contributed by atoms with Crippen LogP contribution >= 0.6 is 0 Å². The van der Waals surface area contributed by atoms with Crippen molar-refractivity contribution in [1.82, 2.24) is 5.43 Å². The molecular weight excluding hydrogens is 216 g/mol. The summed E-state index contributed by atoms with van der Waals surface area (Å²) in [6.07, 6.45) is 8.94. The Morgan fingerprint density at radius 3 is 2.82 bits per heavy atom. The third-order valence-electron chi connectivity index (χ3n) is 3.66. The summed E-state index contributed by atoms with van der Waals surface area (Å²) in [6, 6.07) is 0.411. The van der Waals surface area contributed by atoms with E-state index in [9.17, 15) is 0 Å². The average Bonchev–Trinajstić information content (AvgIpc) is 2.86. The predicted molar refractivity (Wildman–Crippen MR) is 69.6 cm³/mol. The molecule has 3 atom stereocenters. The third-order valence-corrected chi connectivity index (χ3v) is 3.66. The lowest BCUT2D eigenvalue weighted by atomic mass is 10.0. The van der Waals surface area contributed by atoms with Crippen molar-refractivity contribution in [3.63, 3.8) is 0 Å². The molecule has 17 heavy (non-hydrogen) atoms. The van der Waals surface area contributed by atoms with Crippen LogP contribution < -0.4 is 11.3 Å². The monoisotopic (exact) mass is 244 g/mol. The second-order valence-electron chi connectivity index (χ2n) is 5.05. The van der Waals surface area contributed by atoms with Crippen LogP contribution in [0.2, 0.25) is 0 Å². The Kier molecular flexibility index (Phi) is 7.77. The Morgan fingerprint density at radius 2 is 2.24 bits per heavy atom. The highest BCUT2D eigenvalue weighted by Crippen LogP contribution is 2.19. The van der Waals surface area contributed by atoms with Gasteiger partial charge >= 0.3 is 0 Å². The van der Waals surface area contributed by atoms with Crippen LogP contribution in [0.5, 0.6) is 0 Å². The van der Waals surface area contributed by atoms with Gasteiger partial charge in [-0.05, 0) is 51.9 Å². The van der Waals surface area contributed by atoms with E-state index < -0.39 is 0 Å². The van der Waals surface area contributed by atoms with Gasteiger partial charge in [-0.15, -0.1) is 0 Å². The first-order valence-electron chi connectivity index (χ1n) is 6.86. The zero-order chi connectivity index (χ0) is 12.5. The van der Waals surface area contributed by atoms with Gasteiger partial charge in [0.2, 0.25) is 0 Å². The first-order valence-corrected chi connectivity index (χ1v) is 6.86. The molecule has 4 heteroatoms. The number of hydrogen-bond acceptors (Lipinski definition) is 4. The number of nitrogens with one attached hydrogen (secondary N) is 1. The number of hydrogen-bond donors (Lipinski definition) is 2. The molecule has 102 valence electrons. The van der Waals surface area contributed by atoms with Crippen molar-refractivity contribution in [3.05, 3.63) is 0 Å². The second kappa shape index (κ2) is 8.86. The Labute approximate surface area is 105 Å². The largest absolute Gasteiger partial charge is 0.382 e. The van der Waals surface area contributed by atoms with Gasteiger partial charge in [0.15, 0.2) is 0 Å². The van der Waals surface area contributed by atoms with Gasteiger partial charge in [0, 0.05) is 19.8 Å². The summed E-state index contributed by atoms with van der Waals surface area (Å²) >= 11 is 0. The lowest BCUT2D eigenvalue weighted by Crippen LogP contribution is -2.35. The number of rotatable bonds is 9. The standard InChI is InChI=1S/C13H28N2O2/c1-11(16-2)8-9-12(15-14)5-3-6-13-7-4-10-17-13/h11-13,15H,3-10,14H2,1-2H3. The second-order valence-corrected chi connectivity index (χ2v) is 5.05. The third kappa shape index (κ3) is 6.36. The Hall–Kier alpha value is -0.160. The smallest absolute Gasteiger partial charge is 0.0576 e. The van der Waals surface area contributed by atoms with E-state index in [1.807, 2.05) is 0 Å². The van der Waals surface area contributed by atoms with Crippen molar-refractivity contribution < 1.29 is 9.47 Å². The molecule has 0 radical (unpaired) electrons. The summed E-state index contributed by atoms with van der Waals surface area (Å²) in [5, 5.41) is 0. The average molecular weight is 244 g/mol. The Bertz CT molecular complexity index is 184. The van der Waals surface area contributed by atoms with Crippen molar-refractivity contribution in [2.45, 2.75) is 70.1 Å². The van der Waals surface area contributed by atoms with Crippen molar-refractivity contribution >= 4 is 0 Å². The van der Waals surface area contributed by atoms with Crippen LogP contribution in [0.25, 0.3) is 0 Å². The molecule has 1 rings (SSSR count). The predicted octanol–water partition coefficient (Wildman–Crippen LogP) is 1.98. The highest BCUT2D eigenvalue weighted by molar-refractivity contribution is 4.69. The van der Waals surface area contributed by atoms with Gasteiger partial charge in [-0.25, -0.2) is 0 Å². The Balaban J connectivity index is 2.04. The summed E-state index contributed by atoms with van der Waals surface area (Å²) < 4.78 is 10.9. The molecule has 0 spiro atoms. The summed E-state index contributed by atoms with van der Waals surface area (Å²) in [5.41, 5.74) is 2.91. The zero-order valence-electron chi connectivity index (χ0n) is 11.3. The van der Waals surface area contributed by atoms with Crippen molar-refractivity contribution in [2.75, 3.05) is 13.7 Å². The van der Waals surface area contributed by atoms with E-state index >= 15 is 0 Å². The molecule has 1 heterocycles. The number of methoxy groups -OCH3 is 1. The van der Waals surface area contributed by atoms with Crippen LogP contribution in [0.3, 0.4) is 0 Å². The minimum absolute atomic E-state index is 0.323. The minimum atomic E-state index is 0.323. The fourth-order valence-electron chi connectivity index (χ4n) is 2.33. The van der Waals surface area contributed by atoms with Crippen LogP contribution in [0, 0.1) is 0 Å². The summed E-state index contributed by atoms with van der Waals surface area (Å²) in [5.74, 6) is 5.57. The molecule has 0 aromatic carbocycles. The van der Waals surface area contributed by atoms with E-state index in [1.165, 1.54) is 25.7 Å². The molecule has 4 nitrogen and oxygen atoms in total. The molecule has 1 saturated heterocycles. The van der Waals surface area contributed by atoms with Crippen LogP contribution in [0.15, 0.2) is 0 Å². The normalized spacial score (nSPS) is 23.8. The Morgan fingerprint density at radius 1 is 1.41 bits per heavy atom. The van der Waals surface area contributed by atoms with Gasteiger partial charge in [-0.2, -0.15) is 0 Å². The topological polar surface area (TPSA) is 56.5 Å². The molecule has 0 bridgehead atoms. The molecule has 1 aliphatic heterocycles. The number of hydrazine groups is 1. The fraction of sp³-hybridized carbons (Fsp3) is 1.00. The number of nitrogens with two attached hydrogens (primary N) is 1. The molecule has 1 aliphatic rings. The van der Waals surface area contributed by atoms with Gasteiger partial charge in [-0.3, -0.25) is 11.3 Å². The van der Waals surface area contributed by atoms with Crippen molar-refractivity contribution in [3.8, 4) is 0 Å². The first-order chi connectivity index (χ1) is 8.26. The molecule has 0 saturated carbocycles. The van der Waals surface area contributed by atoms with E-state index in [1.54, 1.807) is 7.11 Å². The molecule has 3 N–H and O–H groups in total. The lowest BCUT2D eigenvalue weighted by Gasteiger charge is -2.18. The van der Waals surface area contributed by atoms with E-state index in [0.717, 1.165) is 25.9 Å². The zero-order valence-corrected chi connectivity index (χ0v) is 11.3. The van der Waals surface area contributed by atoms with Gasteiger partial charge in [-0.1, -0.05) is 0 Å². The molecule has 3 unspecified atom stereocenters. The van der Waals surface area contributed by atoms with E-state index in [2.05, 4.69) is 12.3 Å². The first kappa shape index (κ1) is 14.9. The van der Waals surface area contributed by atoms with Gasteiger partial charge < -0.3 is 9.47 Å². The molecular formula is C13H28N2O2. The lowest BCUT2D eigenvalue weighted by molar-refractivity contribution is 0.0979. The maximum absolute atomic E-state index is 5.61. The summed E-state index contributed by atoms with van der Waals surface area (Å²) in [4.78, 5) is 0. The summed E-state index contributed by atoms with van der Waals surface area (Å²) in [6.45, 7) is 3.05. The quantitative estimate of drug-likeness (QED) is 0.481. The van der Waals surface area contributed by atoms with Gasteiger partial charge in [0.1, 0.15) is 0 Å². The van der Waals surface area contributed by atoms with Crippen LogP contribution in [0.4, 0.5) is 0 Å². The fourth-order valence-corrected chi connectivity index (χ4v) is 2.33. The van der Waals surface area contributed by atoms with E-state index in [-0.39, 0.29) is 0 Å². The van der Waals surface area contributed by atoms with E-state index in [0.29, 0.717) is 18.2 Å². The molecule has 0 aromatic rings. The SMILES string of the molecule is COC(C)CCC(CCCC1CCCO1)NN. The van der Waals surface area contributed by atoms with Crippen LogP contribution in [-0.4, -0.2) is 32.0 Å². The van der Waals surface area contributed by atoms with Crippen molar-refractivity contribution in [1.29, 1.82) is 0 Å². The highest BCUT2D eigenvalue weighted by Gasteiger charge is 2.16. The minimum Gasteiger partial charge on any atom is -0.382 e. The number of ether oxygens (including phenoxy) is 2. The molecule has 0 aromatic heterocycles. The van der Waals surface area contributed by atoms with E-state index in [4.69, 9.17) is 15.3 Å². The molecule has 1 fully saturated rings. The van der Waals surface area contributed by atoms with Crippen LogP contribution in [-0.2, 0) is 9.47 Å². The molecule has 0 amide bonds. The van der Waals surface area contributed by atoms with Crippen LogP contribution in [0.1, 0.15) is 51.9 Å². The van der Waals surface area contributed by atoms with Gasteiger partial charge in [0.25, 0.3) is 0 Å². The highest BCUT2D eigenvalue weighted by atomic mass is 16.5. The molecule has 0 aliphatic carbocycles. The van der Waals surface area contributed by atoms with Gasteiger partial charge in [0.05, 0.1) is 12.2 Å². The summed E-state index contributed by atoms with van der Waals surface area (Å²) in [7, 11) is 1.76. The maximum atomic E-state index is 5.61. The maximum Gasteiger partial charge on any atom is 0.0576 e. The van der Waals surface area contributed by atoms with Crippen molar-refractivity contribution in [2.24, 2.45) is 5.84 Å².